The average molecular weight is 275 g/mol. The maximum atomic E-state index is 12.0. The minimum atomic E-state index is -5.48. The van der Waals surface area contributed by atoms with E-state index in [0.717, 1.165) is 6.07 Å². The van der Waals surface area contributed by atoms with E-state index in [-0.39, 0.29) is 10.7 Å². The van der Waals surface area contributed by atoms with E-state index in [9.17, 15) is 21.6 Å². The zero-order chi connectivity index (χ0) is 12.6. The summed E-state index contributed by atoms with van der Waals surface area (Å²) in [6.45, 7) is 0. The van der Waals surface area contributed by atoms with Crippen molar-refractivity contribution in [3.8, 4) is 0 Å². The van der Waals surface area contributed by atoms with Gasteiger partial charge in [-0.1, -0.05) is 11.6 Å². The van der Waals surface area contributed by atoms with Crippen molar-refractivity contribution in [3.63, 3.8) is 0 Å². The van der Waals surface area contributed by atoms with Gasteiger partial charge in [-0.05, 0) is 18.2 Å². The van der Waals surface area contributed by atoms with Gasteiger partial charge in [0.2, 0.25) is 0 Å². The zero-order valence-electron chi connectivity index (χ0n) is 7.55. The predicted molar refractivity (Wildman–Crippen MR) is 54.5 cm³/mol. The Bertz CT molecular complexity index is 501. The van der Waals surface area contributed by atoms with Gasteiger partial charge in [0.25, 0.3) is 0 Å². The summed E-state index contributed by atoms with van der Waals surface area (Å²) >= 11 is 5.50. The molecule has 90 valence electrons. The number of nitrogen functional groups attached to an aromatic ring is 1. The fourth-order valence-corrected chi connectivity index (χ4v) is 1.62. The molecule has 1 aromatic carbocycles. The quantitative estimate of drug-likeness (QED) is 0.812. The maximum absolute atomic E-state index is 12.0. The highest BCUT2D eigenvalue weighted by molar-refractivity contribution is 7.93. The summed E-state index contributed by atoms with van der Waals surface area (Å²) in [5.41, 5.74) is -0.451. The van der Waals surface area contributed by atoms with Gasteiger partial charge in [0, 0.05) is 5.69 Å². The SMILES string of the molecule is Nc1ccc(Cl)c(NS(=O)(=O)C(F)(F)F)c1. The highest BCUT2D eigenvalue weighted by atomic mass is 35.5. The van der Waals surface area contributed by atoms with Crippen LogP contribution in [0.1, 0.15) is 0 Å². The molecule has 0 unspecified atom stereocenters. The van der Waals surface area contributed by atoms with Gasteiger partial charge < -0.3 is 5.73 Å². The molecule has 4 nitrogen and oxygen atoms in total. The summed E-state index contributed by atoms with van der Waals surface area (Å²) in [5.74, 6) is 0. The Hall–Kier alpha value is -1.15. The van der Waals surface area contributed by atoms with Crippen LogP contribution in [0.5, 0.6) is 0 Å². The molecule has 0 aromatic heterocycles. The fraction of sp³-hybridized carbons (Fsp3) is 0.143. The third-order valence-electron chi connectivity index (χ3n) is 1.54. The van der Waals surface area contributed by atoms with Crippen molar-refractivity contribution < 1.29 is 21.6 Å². The van der Waals surface area contributed by atoms with Gasteiger partial charge in [-0.15, -0.1) is 0 Å². The number of sulfonamides is 1. The van der Waals surface area contributed by atoms with E-state index >= 15 is 0 Å². The lowest BCUT2D eigenvalue weighted by Gasteiger charge is -2.11. The molecule has 0 aliphatic rings. The largest absolute Gasteiger partial charge is 0.516 e. The summed E-state index contributed by atoms with van der Waals surface area (Å²) in [6.07, 6.45) is 0. The average Bonchev–Trinajstić information content (AvgIpc) is 2.09. The van der Waals surface area contributed by atoms with Gasteiger partial charge in [-0.3, -0.25) is 4.72 Å². The van der Waals surface area contributed by atoms with Crippen LogP contribution >= 0.6 is 11.6 Å². The van der Waals surface area contributed by atoms with E-state index < -0.39 is 21.2 Å². The highest BCUT2D eigenvalue weighted by Crippen LogP contribution is 2.30. The lowest BCUT2D eigenvalue weighted by molar-refractivity contribution is -0.0429. The van der Waals surface area contributed by atoms with E-state index in [0.29, 0.717) is 0 Å². The van der Waals surface area contributed by atoms with Gasteiger partial charge >= 0.3 is 15.5 Å². The number of hydrogen-bond acceptors (Lipinski definition) is 3. The topological polar surface area (TPSA) is 72.2 Å². The first-order chi connectivity index (χ1) is 7.13. The molecule has 0 radical (unpaired) electrons. The molecule has 0 atom stereocenters. The number of hydrogen-bond donors (Lipinski definition) is 2. The fourth-order valence-electron chi connectivity index (χ4n) is 0.824. The smallest absolute Gasteiger partial charge is 0.399 e. The lowest BCUT2D eigenvalue weighted by atomic mass is 10.3. The molecule has 1 rings (SSSR count). The van der Waals surface area contributed by atoms with Crippen LogP contribution in [0.15, 0.2) is 18.2 Å². The second kappa shape index (κ2) is 4.02. The van der Waals surface area contributed by atoms with Gasteiger partial charge in [0.15, 0.2) is 0 Å². The highest BCUT2D eigenvalue weighted by Gasteiger charge is 2.46. The van der Waals surface area contributed by atoms with Crippen molar-refractivity contribution in [2.24, 2.45) is 0 Å². The van der Waals surface area contributed by atoms with Gasteiger partial charge in [0.05, 0.1) is 10.7 Å². The van der Waals surface area contributed by atoms with Gasteiger partial charge in [0.1, 0.15) is 0 Å². The van der Waals surface area contributed by atoms with Gasteiger partial charge in [-0.2, -0.15) is 21.6 Å². The van der Waals surface area contributed by atoms with Crippen LogP contribution in [0.25, 0.3) is 0 Å². The number of benzene rings is 1. The number of halogens is 4. The normalized spacial score (nSPS) is 12.5. The Morgan fingerprint density at radius 2 is 1.88 bits per heavy atom. The minimum Gasteiger partial charge on any atom is -0.399 e. The summed E-state index contributed by atoms with van der Waals surface area (Å²) in [5, 5.41) is -0.179. The van der Waals surface area contributed by atoms with E-state index in [2.05, 4.69) is 0 Å². The van der Waals surface area contributed by atoms with Crippen molar-refractivity contribution in [2.45, 2.75) is 5.51 Å². The molecule has 1 aromatic rings. The van der Waals surface area contributed by atoms with Crippen molar-refractivity contribution in [1.29, 1.82) is 0 Å². The molecule has 3 N–H and O–H groups in total. The van der Waals surface area contributed by atoms with Crippen molar-refractivity contribution >= 4 is 33.0 Å². The Balaban J connectivity index is 3.11. The summed E-state index contributed by atoms with van der Waals surface area (Å²) in [4.78, 5) is 0. The molecule has 0 aliphatic heterocycles. The van der Waals surface area contributed by atoms with Crippen molar-refractivity contribution in [3.05, 3.63) is 23.2 Å². The molecule has 0 bridgehead atoms. The lowest BCUT2D eigenvalue weighted by Crippen LogP contribution is -2.30. The van der Waals surface area contributed by atoms with Crippen LogP contribution in [-0.2, 0) is 10.0 Å². The number of nitrogens with one attached hydrogen (secondary N) is 1. The molecule has 0 saturated carbocycles. The Morgan fingerprint density at radius 1 is 1.31 bits per heavy atom. The van der Waals surface area contributed by atoms with Crippen molar-refractivity contribution in [1.82, 2.24) is 0 Å². The Labute approximate surface area is 94.2 Å². The minimum absolute atomic E-state index is 0.0873. The van der Waals surface area contributed by atoms with E-state index in [1.165, 1.54) is 16.9 Å². The van der Waals surface area contributed by atoms with Crippen LogP contribution < -0.4 is 10.5 Å². The molecule has 0 spiro atoms. The first kappa shape index (κ1) is 12.9. The molecule has 16 heavy (non-hydrogen) atoms. The summed E-state index contributed by atoms with van der Waals surface area (Å²) in [6, 6.07) is 3.50. The second-order valence-corrected chi connectivity index (χ2v) is 4.87. The molecule has 9 heteroatoms. The molecule has 0 saturated heterocycles. The first-order valence-corrected chi connectivity index (χ1v) is 5.64. The molecule has 0 heterocycles. The third-order valence-corrected chi connectivity index (χ3v) is 2.97. The molecular formula is C7H6ClF3N2O2S. The number of anilines is 2. The molecule has 0 amide bonds. The number of rotatable bonds is 2. The van der Waals surface area contributed by atoms with E-state index in [1.54, 1.807) is 0 Å². The summed E-state index contributed by atoms with van der Waals surface area (Å²) < 4.78 is 58.9. The van der Waals surface area contributed by atoms with E-state index in [4.69, 9.17) is 17.3 Å². The zero-order valence-corrected chi connectivity index (χ0v) is 9.12. The second-order valence-electron chi connectivity index (χ2n) is 2.79. The number of alkyl halides is 3. The predicted octanol–water partition coefficient (Wildman–Crippen LogP) is 2.18. The van der Waals surface area contributed by atoms with Crippen LogP contribution in [0, 0.1) is 0 Å². The Morgan fingerprint density at radius 3 is 2.38 bits per heavy atom. The first-order valence-electron chi connectivity index (χ1n) is 3.77. The van der Waals surface area contributed by atoms with Gasteiger partial charge in [-0.25, -0.2) is 0 Å². The molecular weight excluding hydrogens is 269 g/mol. The van der Waals surface area contributed by atoms with Crippen LogP contribution in [0.4, 0.5) is 24.5 Å². The Kier molecular flexibility index (Phi) is 3.25. The van der Waals surface area contributed by atoms with Crippen LogP contribution in [0.3, 0.4) is 0 Å². The van der Waals surface area contributed by atoms with Crippen molar-refractivity contribution in [2.75, 3.05) is 10.5 Å². The maximum Gasteiger partial charge on any atom is 0.516 e. The number of nitrogens with two attached hydrogens (primary N) is 1. The van der Waals surface area contributed by atoms with E-state index in [1.807, 2.05) is 0 Å². The summed E-state index contributed by atoms with van der Waals surface area (Å²) in [7, 11) is -5.48. The standard InChI is InChI=1S/C7H6ClF3N2O2S/c8-5-2-1-4(12)3-6(5)13-16(14,15)7(9,10)11/h1-3,13H,12H2. The monoisotopic (exact) mass is 274 g/mol. The molecule has 0 fully saturated rings. The van der Waals surface area contributed by atoms with Crippen LogP contribution in [-0.4, -0.2) is 13.9 Å². The van der Waals surface area contributed by atoms with Crippen LogP contribution in [0.2, 0.25) is 5.02 Å². The molecule has 0 aliphatic carbocycles. The third kappa shape index (κ3) is 2.70.